The van der Waals surface area contributed by atoms with Crippen molar-refractivity contribution in [3.05, 3.63) is 76.5 Å². The van der Waals surface area contributed by atoms with Crippen molar-refractivity contribution in [1.29, 1.82) is 0 Å². The maximum Gasteiger partial charge on any atom is 0.387 e. The van der Waals surface area contributed by atoms with Gasteiger partial charge in [-0.2, -0.15) is 8.78 Å². The molecule has 0 bridgehead atoms. The van der Waals surface area contributed by atoms with E-state index in [4.69, 9.17) is 9.47 Å². The Bertz CT molecular complexity index is 1070. The van der Waals surface area contributed by atoms with Crippen molar-refractivity contribution >= 4 is 35.0 Å². The average molecular weight is 445 g/mol. The lowest BCUT2D eigenvalue weighted by Gasteiger charge is -2.12. The number of methoxy groups -OCH3 is 1. The highest BCUT2D eigenvalue weighted by Gasteiger charge is 2.14. The van der Waals surface area contributed by atoms with Gasteiger partial charge in [0, 0.05) is 17.3 Å². The molecule has 1 N–H and O–H groups in total. The van der Waals surface area contributed by atoms with Crippen LogP contribution in [-0.4, -0.2) is 25.6 Å². The molecule has 160 valence electrons. The first-order valence-corrected chi connectivity index (χ1v) is 9.81. The van der Waals surface area contributed by atoms with Gasteiger partial charge in [-0.1, -0.05) is 18.2 Å². The number of benzene rings is 2. The van der Waals surface area contributed by atoms with Gasteiger partial charge in [0.15, 0.2) is 11.5 Å². The van der Waals surface area contributed by atoms with Crippen molar-refractivity contribution in [1.82, 2.24) is 0 Å². The number of hydrogen-bond donors (Lipinski definition) is 1. The van der Waals surface area contributed by atoms with Crippen LogP contribution in [0.25, 0.3) is 6.08 Å². The lowest BCUT2D eigenvalue weighted by molar-refractivity contribution is -0.128. The Balaban J connectivity index is 1.63. The average Bonchev–Trinajstić information content (AvgIpc) is 3.29. The highest BCUT2D eigenvalue weighted by atomic mass is 32.1. The van der Waals surface area contributed by atoms with Gasteiger partial charge in [-0.05, 0) is 47.9 Å². The number of carbonyl (C=O) groups is 2. The Hall–Kier alpha value is -3.72. The van der Waals surface area contributed by atoms with Crippen LogP contribution in [0.4, 0.5) is 14.5 Å². The van der Waals surface area contributed by atoms with Crippen molar-refractivity contribution in [3.63, 3.8) is 0 Å². The summed E-state index contributed by atoms with van der Waals surface area (Å²) in [5.41, 5.74) is 0.766. The van der Waals surface area contributed by atoms with Crippen LogP contribution in [0.1, 0.15) is 15.2 Å². The van der Waals surface area contributed by atoms with E-state index in [1.165, 1.54) is 48.8 Å². The zero-order valence-electron chi connectivity index (χ0n) is 16.2. The standard InChI is InChI=1S/C22H17F2NO5S/c1-28-17-5-2-4-14(20(17)30-22(23)24)7-12-19(26)29-16-10-8-15(9-11-16)25-21(27)18-6-3-13-31-18/h2-13,22H,1H3,(H,25,27)/b12-7+. The molecule has 0 aliphatic carbocycles. The maximum absolute atomic E-state index is 12.7. The van der Waals surface area contributed by atoms with Crippen LogP contribution >= 0.6 is 11.3 Å². The first-order chi connectivity index (χ1) is 15.0. The molecular weight excluding hydrogens is 428 g/mol. The third-order valence-electron chi connectivity index (χ3n) is 3.91. The van der Waals surface area contributed by atoms with E-state index in [2.05, 4.69) is 10.1 Å². The van der Waals surface area contributed by atoms with Gasteiger partial charge in [-0.15, -0.1) is 11.3 Å². The Kier molecular flexibility index (Phi) is 7.34. The third kappa shape index (κ3) is 6.13. The Morgan fingerprint density at radius 2 is 1.84 bits per heavy atom. The largest absolute Gasteiger partial charge is 0.493 e. The highest BCUT2D eigenvalue weighted by Crippen LogP contribution is 2.33. The van der Waals surface area contributed by atoms with Gasteiger partial charge in [-0.25, -0.2) is 4.79 Å². The van der Waals surface area contributed by atoms with E-state index in [0.717, 1.165) is 6.08 Å². The van der Waals surface area contributed by atoms with Crippen LogP contribution in [0.5, 0.6) is 17.2 Å². The molecule has 2 aromatic carbocycles. The molecule has 31 heavy (non-hydrogen) atoms. The van der Waals surface area contributed by atoms with E-state index in [0.29, 0.717) is 10.6 Å². The second-order valence-corrected chi connectivity index (χ2v) is 6.92. The lowest BCUT2D eigenvalue weighted by Crippen LogP contribution is -2.10. The second-order valence-electron chi connectivity index (χ2n) is 5.97. The SMILES string of the molecule is COc1cccc(/C=C/C(=O)Oc2ccc(NC(=O)c3cccs3)cc2)c1OC(F)F. The molecule has 1 amide bonds. The van der Waals surface area contributed by atoms with Gasteiger partial charge >= 0.3 is 12.6 Å². The Morgan fingerprint density at radius 1 is 1.06 bits per heavy atom. The monoisotopic (exact) mass is 445 g/mol. The zero-order chi connectivity index (χ0) is 22.2. The van der Waals surface area contributed by atoms with Crippen LogP contribution in [-0.2, 0) is 4.79 Å². The van der Waals surface area contributed by atoms with Gasteiger partial charge in [0.2, 0.25) is 0 Å². The van der Waals surface area contributed by atoms with E-state index in [1.807, 2.05) is 0 Å². The molecule has 3 rings (SSSR count). The van der Waals surface area contributed by atoms with E-state index < -0.39 is 12.6 Å². The van der Waals surface area contributed by atoms with E-state index in [9.17, 15) is 18.4 Å². The van der Waals surface area contributed by atoms with Crippen LogP contribution in [0.2, 0.25) is 0 Å². The minimum absolute atomic E-state index is 0.107. The molecule has 0 aliphatic rings. The van der Waals surface area contributed by atoms with E-state index >= 15 is 0 Å². The minimum Gasteiger partial charge on any atom is -0.493 e. The fourth-order valence-corrected chi connectivity index (χ4v) is 3.17. The van der Waals surface area contributed by atoms with Crippen molar-refractivity contribution < 1.29 is 32.6 Å². The van der Waals surface area contributed by atoms with Crippen LogP contribution in [0, 0.1) is 0 Å². The molecule has 0 atom stereocenters. The number of para-hydroxylation sites is 1. The van der Waals surface area contributed by atoms with Gasteiger partial charge in [0.1, 0.15) is 5.75 Å². The summed E-state index contributed by atoms with van der Waals surface area (Å²) >= 11 is 1.32. The number of ether oxygens (including phenoxy) is 3. The molecule has 0 saturated heterocycles. The topological polar surface area (TPSA) is 73.9 Å². The van der Waals surface area contributed by atoms with Crippen molar-refractivity contribution in [2.45, 2.75) is 6.61 Å². The number of anilines is 1. The Morgan fingerprint density at radius 3 is 2.48 bits per heavy atom. The van der Waals surface area contributed by atoms with Gasteiger partial charge in [0.25, 0.3) is 5.91 Å². The second kappa shape index (κ2) is 10.4. The van der Waals surface area contributed by atoms with Crippen molar-refractivity contribution in [2.75, 3.05) is 12.4 Å². The first-order valence-electron chi connectivity index (χ1n) is 8.93. The minimum atomic E-state index is -3.05. The van der Waals surface area contributed by atoms with Crippen LogP contribution < -0.4 is 19.5 Å². The van der Waals surface area contributed by atoms with Gasteiger partial charge < -0.3 is 19.5 Å². The predicted molar refractivity (Wildman–Crippen MR) is 113 cm³/mol. The van der Waals surface area contributed by atoms with Crippen molar-refractivity contribution in [3.8, 4) is 17.2 Å². The summed E-state index contributed by atoms with van der Waals surface area (Å²) in [7, 11) is 1.32. The van der Waals surface area contributed by atoms with Crippen LogP contribution in [0.15, 0.2) is 66.1 Å². The normalized spacial score (nSPS) is 10.8. The number of thiophene rings is 1. The lowest BCUT2D eigenvalue weighted by atomic mass is 10.1. The van der Waals surface area contributed by atoms with Gasteiger partial charge in [0.05, 0.1) is 12.0 Å². The fraction of sp³-hybridized carbons (Fsp3) is 0.0909. The number of alkyl halides is 2. The summed E-state index contributed by atoms with van der Waals surface area (Å²) in [6, 6.07) is 14.3. The number of rotatable bonds is 8. The first kappa shape index (κ1) is 22.0. The molecule has 1 heterocycles. The predicted octanol–water partition coefficient (Wildman–Crippen LogP) is 5.23. The van der Waals surface area contributed by atoms with E-state index in [-0.39, 0.29) is 28.7 Å². The summed E-state index contributed by atoms with van der Waals surface area (Å²) in [5, 5.41) is 4.54. The molecule has 0 spiro atoms. The summed E-state index contributed by atoms with van der Waals surface area (Å²) in [5.74, 6) is -0.784. The molecular formula is C22H17F2NO5S. The number of nitrogens with one attached hydrogen (secondary N) is 1. The third-order valence-corrected chi connectivity index (χ3v) is 4.78. The number of hydrogen-bond acceptors (Lipinski definition) is 6. The van der Waals surface area contributed by atoms with E-state index in [1.54, 1.807) is 35.7 Å². The summed E-state index contributed by atoms with van der Waals surface area (Å²) < 4.78 is 40.0. The summed E-state index contributed by atoms with van der Waals surface area (Å²) in [6.07, 6.45) is 2.37. The molecule has 0 unspecified atom stereocenters. The number of halogens is 2. The summed E-state index contributed by atoms with van der Waals surface area (Å²) in [4.78, 5) is 24.7. The number of amides is 1. The molecule has 3 aromatic rings. The molecule has 0 saturated carbocycles. The smallest absolute Gasteiger partial charge is 0.387 e. The molecule has 0 fully saturated rings. The molecule has 1 aromatic heterocycles. The molecule has 0 radical (unpaired) electrons. The molecule has 6 nitrogen and oxygen atoms in total. The molecule has 0 aliphatic heterocycles. The molecule has 9 heteroatoms. The van der Waals surface area contributed by atoms with Gasteiger partial charge in [-0.3, -0.25) is 4.79 Å². The Labute approximate surface area is 180 Å². The number of esters is 1. The highest BCUT2D eigenvalue weighted by molar-refractivity contribution is 7.12. The fourth-order valence-electron chi connectivity index (χ4n) is 2.55. The summed E-state index contributed by atoms with van der Waals surface area (Å²) in [6.45, 7) is -3.05. The quantitative estimate of drug-likeness (QED) is 0.292. The van der Waals surface area contributed by atoms with Crippen molar-refractivity contribution in [2.24, 2.45) is 0 Å². The zero-order valence-corrected chi connectivity index (χ0v) is 17.0. The van der Waals surface area contributed by atoms with Crippen LogP contribution in [0.3, 0.4) is 0 Å². The number of carbonyl (C=O) groups excluding carboxylic acids is 2. The maximum atomic E-state index is 12.7.